The van der Waals surface area contributed by atoms with Crippen molar-refractivity contribution in [3.63, 3.8) is 0 Å². The molecule has 0 aliphatic carbocycles. The Hall–Kier alpha value is -0.880. The molecule has 1 saturated heterocycles. The van der Waals surface area contributed by atoms with Gasteiger partial charge >= 0.3 is 0 Å². The van der Waals surface area contributed by atoms with Crippen LogP contribution >= 0.6 is 0 Å². The Morgan fingerprint density at radius 2 is 1.43 bits per heavy atom. The fourth-order valence-corrected chi connectivity index (χ4v) is 4.10. The van der Waals surface area contributed by atoms with E-state index < -0.39 is 73.5 Å². The number of ether oxygens (including phenoxy) is 2. The van der Waals surface area contributed by atoms with Crippen LogP contribution in [0.25, 0.3) is 0 Å². The van der Waals surface area contributed by atoms with Crippen molar-refractivity contribution in [3.8, 4) is 0 Å². The third kappa shape index (κ3) is 8.64. The summed E-state index contributed by atoms with van der Waals surface area (Å²) in [5.74, 6) is -0.623. The monoisotopic (exact) mass is 469 g/mol. The van der Waals surface area contributed by atoms with Crippen molar-refractivity contribution in [2.45, 2.75) is 37.6 Å². The van der Waals surface area contributed by atoms with Crippen LogP contribution in [-0.2, 0) is 57.2 Å². The molecule has 0 bridgehead atoms. The lowest BCUT2D eigenvalue weighted by atomic mass is 9.97. The maximum absolute atomic E-state index is 11.7. The highest BCUT2D eigenvalue weighted by Crippen LogP contribution is 2.29. The lowest BCUT2D eigenvalue weighted by Gasteiger charge is -2.44. The number of hydrogen-bond donors (Lipinski definition) is 1. The first kappa shape index (κ1) is 25.2. The Kier molecular flexibility index (Phi) is 8.35. The van der Waals surface area contributed by atoms with Crippen molar-refractivity contribution < 1.29 is 52.1 Å². The normalized spacial score (nSPS) is 29.4. The van der Waals surface area contributed by atoms with Gasteiger partial charge in [0.05, 0.1) is 25.4 Å². The maximum Gasteiger partial charge on any atom is 0.264 e. The number of rotatable bonds is 9. The van der Waals surface area contributed by atoms with Crippen molar-refractivity contribution in [2.24, 2.45) is 0 Å². The molecule has 0 aromatic carbocycles. The fraction of sp³-hybridized carbons (Fsp3) is 0.917. The molecule has 1 heterocycles. The first-order chi connectivity index (χ1) is 12.5. The molecular weight excluding hydrogens is 446 g/mol. The number of hydrogen-bond acceptors (Lipinski definition) is 12. The molecule has 0 unspecified atom stereocenters. The second kappa shape index (κ2) is 9.29. The molecule has 1 aliphatic heterocycles. The molecule has 5 atom stereocenters. The summed E-state index contributed by atoms with van der Waals surface area (Å²) in [5, 5.41) is 2.35. The first-order valence-electron chi connectivity index (χ1n) is 7.58. The SMILES string of the molecule is CO[C@H]1O[C@H](COS(C)(=O)=O)[C@@H](OS(C)(=O)=O)[C@H](OS(C)(=O)=O)[C@H]1NC(C)=O. The van der Waals surface area contributed by atoms with E-state index >= 15 is 0 Å². The van der Waals surface area contributed by atoms with E-state index in [1.54, 1.807) is 0 Å². The van der Waals surface area contributed by atoms with Gasteiger partial charge in [-0.05, 0) is 0 Å². The van der Waals surface area contributed by atoms with Gasteiger partial charge < -0.3 is 14.8 Å². The molecule has 0 aromatic rings. The predicted molar refractivity (Wildman–Crippen MR) is 93.5 cm³/mol. The van der Waals surface area contributed by atoms with Crippen LogP contribution in [0.5, 0.6) is 0 Å². The summed E-state index contributed by atoms with van der Waals surface area (Å²) in [6.07, 6.45) is -3.95. The molecule has 1 amide bonds. The molecule has 0 saturated carbocycles. The maximum atomic E-state index is 11.7. The molecule has 1 rings (SSSR count). The van der Waals surface area contributed by atoms with Gasteiger partial charge in [0.15, 0.2) is 6.29 Å². The van der Waals surface area contributed by atoms with Crippen LogP contribution in [0.1, 0.15) is 6.92 Å². The van der Waals surface area contributed by atoms with Crippen LogP contribution in [0.3, 0.4) is 0 Å². The van der Waals surface area contributed by atoms with Crippen molar-refractivity contribution in [2.75, 3.05) is 32.5 Å². The van der Waals surface area contributed by atoms with E-state index in [4.69, 9.17) is 17.8 Å². The predicted octanol–water partition coefficient (Wildman–Crippen LogP) is -2.47. The standard InChI is InChI=1S/C12H23NO12S3/c1-7(14)13-9-11(25-28(5,19)20)10(24-27(4,17)18)8(23-12(9)21-2)6-22-26(3,15)16/h8-12H,6H2,1-5H3,(H,13,14)/t8-,9-,10-,11-,12+/m1/s1. The lowest BCUT2D eigenvalue weighted by molar-refractivity contribution is -0.250. The van der Waals surface area contributed by atoms with Gasteiger partial charge in [-0.3, -0.25) is 17.3 Å². The highest BCUT2D eigenvalue weighted by molar-refractivity contribution is 7.86. The zero-order chi connectivity index (χ0) is 21.9. The summed E-state index contributed by atoms with van der Waals surface area (Å²) in [5.41, 5.74) is 0. The number of carbonyl (C=O) groups is 1. The average molecular weight is 470 g/mol. The Labute approximate surface area is 164 Å². The molecule has 166 valence electrons. The van der Waals surface area contributed by atoms with E-state index in [9.17, 15) is 30.0 Å². The number of nitrogens with one attached hydrogen (secondary N) is 1. The van der Waals surface area contributed by atoms with E-state index in [1.807, 2.05) is 0 Å². The van der Waals surface area contributed by atoms with Gasteiger partial charge in [0.2, 0.25) is 5.91 Å². The van der Waals surface area contributed by atoms with E-state index in [-0.39, 0.29) is 0 Å². The van der Waals surface area contributed by atoms with Crippen LogP contribution in [0, 0.1) is 0 Å². The quantitative estimate of drug-likeness (QED) is 0.352. The second-order valence-electron chi connectivity index (χ2n) is 6.02. The Morgan fingerprint density at radius 3 is 1.82 bits per heavy atom. The van der Waals surface area contributed by atoms with Gasteiger partial charge in [0.1, 0.15) is 24.4 Å². The molecule has 1 fully saturated rings. The van der Waals surface area contributed by atoms with Crippen molar-refractivity contribution in [3.05, 3.63) is 0 Å². The molecule has 0 radical (unpaired) electrons. The highest BCUT2D eigenvalue weighted by Gasteiger charge is 2.51. The van der Waals surface area contributed by atoms with Crippen LogP contribution < -0.4 is 5.32 Å². The number of amides is 1. The average Bonchev–Trinajstić information content (AvgIpc) is 2.45. The minimum Gasteiger partial charge on any atom is -0.354 e. The number of carbonyl (C=O) groups excluding carboxylic acids is 1. The molecular formula is C12H23NO12S3. The van der Waals surface area contributed by atoms with E-state index in [0.29, 0.717) is 12.5 Å². The first-order valence-corrected chi connectivity index (χ1v) is 13.0. The highest BCUT2D eigenvalue weighted by atomic mass is 32.2. The Morgan fingerprint density at radius 1 is 0.929 bits per heavy atom. The van der Waals surface area contributed by atoms with Gasteiger partial charge in [-0.15, -0.1) is 0 Å². The van der Waals surface area contributed by atoms with Gasteiger partial charge in [-0.1, -0.05) is 0 Å². The third-order valence-corrected chi connectivity index (χ3v) is 4.97. The summed E-state index contributed by atoms with van der Waals surface area (Å²) in [6, 6.07) is -1.31. The van der Waals surface area contributed by atoms with Crippen molar-refractivity contribution in [1.29, 1.82) is 0 Å². The summed E-state index contributed by atoms with van der Waals surface area (Å²) >= 11 is 0. The second-order valence-corrected chi connectivity index (χ2v) is 10.9. The fourth-order valence-electron chi connectivity index (χ4n) is 2.45. The van der Waals surface area contributed by atoms with Gasteiger partial charge in [0, 0.05) is 14.0 Å². The lowest BCUT2D eigenvalue weighted by Crippen LogP contribution is -2.66. The van der Waals surface area contributed by atoms with E-state index in [0.717, 1.165) is 13.2 Å². The van der Waals surface area contributed by atoms with E-state index in [2.05, 4.69) is 9.50 Å². The molecule has 1 N–H and O–H groups in total. The van der Waals surface area contributed by atoms with Crippen molar-refractivity contribution >= 4 is 36.3 Å². The number of methoxy groups -OCH3 is 1. The molecule has 1 aliphatic rings. The summed E-state index contributed by atoms with van der Waals surface area (Å²) < 4.78 is 94.3. The smallest absolute Gasteiger partial charge is 0.264 e. The van der Waals surface area contributed by atoms with Gasteiger partial charge in [-0.25, -0.2) is 0 Å². The molecule has 0 aromatic heterocycles. The van der Waals surface area contributed by atoms with Crippen LogP contribution in [0.15, 0.2) is 0 Å². The third-order valence-electron chi connectivity index (χ3n) is 3.27. The summed E-state index contributed by atoms with van der Waals surface area (Å²) in [4.78, 5) is 11.5. The zero-order valence-corrected chi connectivity index (χ0v) is 18.2. The van der Waals surface area contributed by atoms with E-state index in [1.165, 1.54) is 7.11 Å². The van der Waals surface area contributed by atoms with Gasteiger partial charge in [-0.2, -0.15) is 25.3 Å². The van der Waals surface area contributed by atoms with Crippen LogP contribution in [0.2, 0.25) is 0 Å². The zero-order valence-electron chi connectivity index (χ0n) is 15.7. The topological polar surface area (TPSA) is 178 Å². The minimum absolute atomic E-state index is 0.623. The molecule has 13 nitrogen and oxygen atoms in total. The van der Waals surface area contributed by atoms with Crippen LogP contribution in [0.4, 0.5) is 0 Å². The summed E-state index contributed by atoms with van der Waals surface area (Å²) in [7, 11) is -11.1. The Balaban J connectivity index is 3.41. The van der Waals surface area contributed by atoms with Crippen molar-refractivity contribution in [1.82, 2.24) is 5.32 Å². The largest absolute Gasteiger partial charge is 0.354 e. The minimum atomic E-state index is -4.19. The Bertz CT molecular complexity index is 866. The molecule has 16 heteroatoms. The molecule has 0 spiro atoms. The summed E-state index contributed by atoms with van der Waals surface area (Å²) in [6.45, 7) is 0.394. The van der Waals surface area contributed by atoms with Crippen LogP contribution in [-0.4, -0.2) is 94.3 Å². The molecule has 28 heavy (non-hydrogen) atoms. The van der Waals surface area contributed by atoms with Gasteiger partial charge in [0.25, 0.3) is 30.4 Å².